The molecule has 1 amide bonds. The van der Waals surface area contributed by atoms with Crippen molar-refractivity contribution in [1.82, 2.24) is 14.7 Å². The molecule has 2 rings (SSSR count). The Labute approximate surface area is 150 Å². The van der Waals surface area contributed by atoms with Gasteiger partial charge in [-0.2, -0.15) is 5.10 Å². The third-order valence-electron chi connectivity index (χ3n) is 3.76. The Morgan fingerprint density at radius 1 is 1.46 bits per heavy atom. The summed E-state index contributed by atoms with van der Waals surface area (Å²) < 4.78 is 24.4. The molecule has 0 aromatic carbocycles. The van der Waals surface area contributed by atoms with Gasteiger partial charge in [-0.1, -0.05) is 37.0 Å². The monoisotopic (exact) mass is 395 g/mol. The van der Waals surface area contributed by atoms with Gasteiger partial charge in [0, 0.05) is 12.6 Å². The van der Waals surface area contributed by atoms with Crippen LogP contribution in [0.2, 0.25) is 10.0 Å². The number of hydrogen-bond donors (Lipinski definition) is 0. The fraction of sp³-hybridized carbons (Fsp3) is 0.643. The van der Waals surface area contributed by atoms with Crippen molar-refractivity contribution in [2.24, 2.45) is 5.92 Å². The molecule has 1 atom stereocenters. The average Bonchev–Trinajstić information content (AvgIpc) is 2.85. The van der Waals surface area contributed by atoms with Gasteiger partial charge >= 0.3 is 0 Å². The molecule has 0 radical (unpaired) electrons. The van der Waals surface area contributed by atoms with E-state index in [0.29, 0.717) is 13.0 Å². The van der Waals surface area contributed by atoms with Gasteiger partial charge in [0.25, 0.3) is 5.56 Å². The van der Waals surface area contributed by atoms with Crippen molar-refractivity contribution in [1.29, 1.82) is 0 Å². The molecular formula is C14H19Cl2N3O4S. The number of carbonyl (C=O) groups is 1. The van der Waals surface area contributed by atoms with E-state index in [1.807, 2.05) is 13.8 Å². The first kappa shape index (κ1) is 19.2. The lowest BCUT2D eigenvalue weighted by molar-refractivity contribution is -0.134. The molecule has 24 heavy (non-hydrogen) atoms. The van der Waals surface area contributed by atoms with Gasteiger partial charge in [-0.15, -0.1) is 0 Å². The Morgan fingerprint density at radius 3 is 2.67 bits per heavy atom. The zero-order valence-electron chi connectivity index (χ0n) is 13.4. The quantitative estimate of drug-likeness (QED) is 0.747. The first-order valence-corrected chi connectivity index (χ1v) is 10.1. The van der Waals surface area contributed by atoms with Gasteiger partial charge in [-0.25, -0.2) is 13.1 Å². The molecule has 1 aliphatic rings. The summed E-state index contributed by atoms with van der Waals surface area (Å²) in [6.45, 7) is 3.98. The van der Waals surface area contributed by atoms with Crippen molar-refractivity contribution < 1.29 is 13.2 Å². The first-order chi connectivity index (χ1) is 11.1. The topological polar surface area (TPSA) is 89.3 Å². The lowest BCUT2D eigenvalue weighted by Crippen LogP contribution is -2.46. The van der Waals surface area contributed by atoms with Crippen molar-refractivity contribution in [2.75, 3.05) is 18.1 Å². The van der Waals surface area contributed by atoms with E-state index in [-0.39, 0.29) is 46.0 Å². The fourth-order valence-corrected chi connectivity index (χ4v) is 4.65. The molecule has 1 fully saturated rings. The van der Waals surface area contributed by atoms with E-state index in [2.05, 4.69) is 5.10 Å². The lowest BCUT2D eigenvalue weighted by Gasteiger charge is -2.30. The third kappa shape index (κ3) is 4.49. The Balaban J connectivity index is 2.23. The van der Waals surface area contributed by atoms with Crippen LogP contribution in [0.1, 0.15) is 20.3 Å². The molecule has 134 valence electrons. The minimum Gasteiger partial charge on any atom is -0.337 e. The number of sulfone groups is 1. The number of nitrogens with zero attached hydrogens (tertiary/aromatic N) is 3. The number of amides is 1. The highest BCUT2D eigenvalue weighted by molar-refractivity contribution is 7.91. The summed E-state index contributed by atoms with van der Waals surface area (Å²) in [4.78, 5) is 26.2. The van der Waals surface area contributed by atoms with Crippen molar-refractivity contribution in [3.63, 3.8) is 0 Å². The zero-order chi connectivity index (χ0) is 18.1. The van der Waals surface area contributed by atoms with Crippen LogP contribution in [0.3, 0.4) is 0 Å². The van der Waals surface area contributed by atoms with Gasteiger partial charge in [0.2, 0.25) is 5.91 Å². The molecule has 0 N–H and O–H groups in total. The maximum atomic E-state index is 12.6. The molecule has 10 heteroatoms. The van der Waals surface area contributed by atoms with E-state index in [0.717, 1.165) is 4.68 Å². The van der Waals surface area contributed by atoms with E-state index < -0.39 is 15.4 Å². The summed E-state index contributed by atoms with van der Waals surface area (Å²) in [7, 11) is -3.12. The van der Waals surface area contributed by atoms with Crippen molar-refractivity contribution in [3.8, 4) is 0 Å². The summed E-state index contributed by atoms with van der Waals surface area (Å²) in [6.07, 6.45) is 1.61. The van der Waals surface area contributed by atoms with Gasteiger partial charge < -0.3 is 4.90 Å². The molecule has 1 aromatic heterocycles. The fourth-order valence-electron chi connectivity index (χ4n) is 2.65. The third-order valence-corrected chi connectivity index (χ3v) is 6.26. The predicted octanol–water partition coefficient (Wildman–Crippen LogP) is 1.22. The first-order valence-electron chi connectivity index (χ1n) is 7.51. The molecule has 1 aromatic rings. The molecule has 0 unspecified atom stereocenters. The summed E-state index contributed by atoms with van der Waals surface area (Å²) in [5, 5.41) is 3.64. The average molecular weight is 396 g/mol. The highest BCUT2D eigenvalue weighted by Gasteiger charge is 2.35. The normalized spacial score (nSPS) is 19.6. The summed E-state index contributed by atoms with van der Waals surface area (Å²) in [6, 6.07) is -0.372. The van der Waals surface area contributed by atoms with E-state index in [1.165, 1.54) is 11.1 Å². The molecule has 0 spiro atoms. The second-order valence-corrected chi connectivity index (χ2v) is 9.28. The summed E-state index contributed by atoms with van der Waals surface area (Å²) in [5.41, 5.74) is -0.652. The van der Waals surface area contributed by atoms with Crippen LogP contribution in [-0.4, -0.2) is 53.1 Å². The Kier molecular flexibility index (Phi) is 5.93. The maximum absolute atomic E-state index is 12.6. The predicted molar refractivity (Wildman–Crippen MR) is 92.1 cm³/mol. The number of halogens is 2. The molecule has 0 saturated carbocycles. The second kappa shape index (κ2) is 7.41. The zero-order valence-corrected chi connectivity index (χ0v) is 15.7. The smallest absolute Gasteiger partial charge is 0.287 e. The summed E-state index contributed by atoms with van der Waals surface area (Å²) >= 11 is 11.5. The molecule has 7 nitrogen and oxygen atoms in total. The van der Waals surface area contributed by atoms with Gasteiger partial charge in [-0.05, 0) is 12.3 Å². The Hall–Kier alpha value is -1.12. The summed E-state index contributed by atoms with van der Waals surface area (Å²) in [5.74, 6) is -0.172. The SMILES string of the molecule is CC(C)CN(C(=O)Cn1ncc(Cl)c(Cl)c1=O)[C@H]1CCS(=O)(=O)C1. The number of hydrogen-bond acceptors (Lipinski definition) is 5. The Morgan fingerprint density at radius 2 is 2.12 bits per heavy atom. The van der Waals surface area contributed by atoms with Crippen molar-refractivity contribution in [3.05, 3.63) is 26.6 Å². The van der Waals surface area contributed by atoms with E-state index in [9.17, 15) is 18.0 Å². The highest BCUT2D eigenvalue weighted by Crippen LogP contribution is 2.20. The van der Waals surface area contributed by atoms with Gasteiger partial charge in [0.05, 0.1) is 22.7 Å². The number of carbonyl (C=O) groups excluding carboxylic acids is 1. The molecule has 2 heterocycles. The van der Waals surface area contributed by atoms with E-state index in [1.54, 1.807) is 0 Å². The van der Waals surface area contributed by atoms with Crippen LogP contribution < -0.4 is 5.56 Å². The van der Waals surface area contributed by atoms with Crippen molar-refractivity contribution >= 4 is 38.9 Å². The standard InChI is InChI=1S/C14H19Cl2N3O4S/c1-9(2)6-18(10-3-4-24(22,23)8-10)12(20)7-19-14(21)13(16)11(15)5-17-19/h5,9-10H,3-4,6-8H2,1-2H3/t10-/m0/s1. The van der Waals surface area contributed by atoms with Crippen LogP contribution in [0, 0.1) is 5.92 Å². The second-order valence-electron chi connectivity index (χ2n) is 6.27. The van der Waals surface area contributed by atoms with Crippen LogP contribution >= 0.6 is 23.2 Å². The van der Waals surface area contributed by atoms with Crippen LogP contribution in [0.15, 0.2) is 11.0 Å². The molecule has 1 aliphatic heterocycles. The molecule has 1 saturated heterocycles. The van der Waals surface area contributed by atoms with Gasteiger partial charge in [0.15, 0.2) is 9.84 Å². The number of aromatic nitrogens is 2. The lowest BCUT2D eigenvalue weighted by atomic mass is 10.1. The largest absolute Gasteiger partial charge is 0.337 e. The minimum absolute atomic E-state index is 0.0197. The number of rotatable bonds is 5. The van der Waals surface area contributed by atoms with Crippen molar-refractivity contribution in [2.45, 2.75) is 32.9 Å². The maximum Gasteiger partial charge on any atom is 0.287 e. The molecular weight excluding hydrogens is 377 g/mol. The van der Waals surface area contributed by atoms with Crippen LogP contribution in [0.4, 0.5) is 0 Å². The van der Waals surface area contributed by atoms with Gasteiger partial charge in [-0.3, -0.25) is 9.59 Å². The molecule has 0 aliphatic carbocycles. The minimum atomic E-state index is -3.12. The Bertz CT molecular complexity index is 792. The van der Waals surface area contributed by atoms with Crippen LogP contribution in [0.25, 0.3) is 0 Å². The van der Waals surface area contributed by atoms with Crippen LogP contribution in [-0.2, 0) is 21.2 Å². The van der Waals surface area contributed by atoms with Crippen LogP contribution in [0.5, 0.6) is 0 Å². The highest BCUT2D eigenvalue weighted by atomic mass is 35.5. The van der Waals surface area contributed by atoms with E-state index in [4.69, 9.17) is 23.2 Å². The molecule has 0 bridgehead atoms. The van der Waals surface area contributed by atoms with E-state index >= 15 is 0 Å². The van der Waals surface area contributed by atoms with Gasteiger partial charge in [0.1, 0.15) is 11.6 Å².